The number of nitrogens with zero attached hydrogens (tertiary/aromatic N) is 2. The van der Waals surface area contributed by atoms with Crippen LogP contribution in [-0.2, 0) is 12.8 Å². The molecule has 2 aromatic carbocycles. The molecule has 3 rings (SSSR count). The summed E-state index contributed by atoms with van der Waals surface area (Å²) < 4.78 is 1.84. The van der Waals surface area contributed by atoms with Crippen molar-refractivity contribution in [1.29, 1.82) is 0 Å². The van der Waals surface area contributed by atoms with E-state index in [4.69, 9.17) is 11.6 Å². The Morgan fingerprint density at radius 2 is 1.79 bits per heavy atom. The number of benzene rings is 2. The van der Waals surface area contributed by atoms with E-state index in [9.17, 15) is 4.79 Å². The second-order valence-electron chi connectivity index (χ2n) is 6.84. The molecule has 28 heavy (non-hydrogen) atoms. The molecular formula is C23H26ClN3O. The zero-order valence-electron chi connectivity index (χ0n) is 16.2. The van der Waals surface area contributed by atoms with Gasteiger partial charge in [0, 0.05) is 11.6 Å². The van der Waals surface area contributed by atoms with Gasteiger partial charge in [-0.25, -0.2) is 4.68 Å². The summed E-state index contributed by atoms with van der Waals surface area (Å²) in [7, 11) is 0. The Bertz CT molecular complexity index is 888. The summed E-state index contributed by atoms with van der Waals surface area (Å²) in [4.78, 5) is 12.7. The van der Waals surface area contributed by atoms with Gasteiger partial charge in [0.05, 0.1) is 23.1 Å². The number of unbranched alkanes of at least 4 members (excludes halogenated alkanes) is 1. The maximum Gasteiger partial charge on any atom is 0.254 e. The van der Waals surface area contributed by atoms with Gasteiger partial charge in [0.2, 0.25) is 0 Å². The van der Waals surface area contributed by atoms with E-state index in [1.54, 1.807) is 6.20 Å². The van der Waals surface area contributed by atoms with Gasteiger partial charge >= 0.3 is 0 Å². The second kappa shape index (κ2) is 10.1. The molecule has 1 N–H and O–H groups in total. The third kappa shape index (κ3) is 5.23. The Labute approximate surface area is 171 Å². The number of halogens is 1. The minimum atomic E-state index is -0.0524. The number of aryl methyl sites for hydroxylation is 1. The number of hydrogen-bond donors (Lipinski definition) is 1. The second-order valence-corrected chi connectivity index (χ2v) is 7.28. The molecule has 1 heterocycles. The monoisotopic (exact) mass is 395 g/mol. The van der Waals surface area contributed by atoms with Crippen molar-refractivity contribution in [3.8, 4) is 5.69 Å². The maximum absolute atomic E-state index is 12.7. The molecule has 0 aliphatic carbocycles. The molecule has 0 spiro atoms. The van der Waals surface area contributed by atoms with Crippen molar-refractivity contribution in [2.75, 3.05) is 6.54 Å². The lowest BCUT2D eigenvalue weighted by atomic mass is 10.1. The smallest absolute Gasteiger partial charge is 0.254 e. The number of amides is 1. The van der Waals surface area contributed by atoms with Gasteiger partial charge in [-0.3, -0.25) is 4.79 Å². The molecule has 0 saturated heterocycles. The first-order valence-electron chi connectivity index (χ1n) is 9.84. The number of carbonyl (C=O) groups excluding carboxylic acids is 1. The molecule has 0 bridgehead atoms. The van der Waals surface area contributed by atoms with Crippen molar-refractivity contribution < 1.29 is 4.79 Å². The van der Waals surface area contributed by atoms with Crippen molar-refractivity contribution in [3.05, 3.63) is 82.6 Å². The van der Waals surface area contributed by atoms with Crippen molar-refractivity contribution in [2.45, 2.75) is 39.0 Å². The largest absolute Gasteiger partial charge is 0.352 e. The van der Waals surface area contributed by atoms with Gasteiger partial charge in [-0.15, -0.1) is 0 Å². The fourth-order valence-electron chi connectivity index (χ4n) is 3.24. The van der Waals surface area contributed by atoms with Crippen LogP contribution in [0.15, 0.2) is 60.8 Å². The summed E-state index contributed by atoms with van der Waals surface area (Å²) in [5, 5.41) is 8.18. The van der Waals surface area contributed by atoms with Crippen LogP contribution in [-0.4, -0.2) is 22.2 Å². The molecule has 0 atom stereocenters. The first-order chi connectivity index (χ1) is 13.7. The van der Waals surface area contributed by atoms with Crippen LogP contribution >= 0.6 is 11.6 Å². The predicted molar refractivity (Wildman–Crippen MR) is 114 cm³/mol. The molecule has 5 heteroatoms. The minimum Gasteiger partial charge on any atom is -0.352 e. The molecule has 0 unspecified atom stereocenters. The fourth-order valence-corrected chi connectivity index (χ4v) is 3.37. The van der Waals surface area contributed by atoms with Gasteiger partial charge in [-0.2, -0.15) is 5.10 Å². The number of nitrogens with one attached hydrogen (secondary N) is 1. The van der Waals surface area contributed by atoms with Gasteiger partial charge < -0.3 is 5.32 Å². The maximum atomic E-state index is 12.7. The molecule has 146 valence electrons. The zero-order valence-corrected chi connectivity index (χ0v) is 17.0. The number of aromatic nitrogens is 2. The highest BCUT2D eigenvalue weighted by Crippen LogP contribution is 2.19. The Kier molecular flexibility index (Phi) is 7.26. The van der Waals surface area contributed by atoms with E-state index in [-0.39, 0.29) is 5.91 Å². The lowest BCUT2D eigenvalue weighted by Crippen LogP contribution is -2.25. The van der Waals surface area contributed by atoms with Gasteiger partial charge in [-0.1, -0.05) is 55.3 Å². The Balaban J connectivity index is 1.59. The minimum absolute atomic E-state index is 0.0524. The molecule has 0 radical (unpaired) electrons. The average Bonchev–Trinajstić information content (AvgIpc) is 3.13. The third-order valence-electron chi connectivity index (χ3n) is 4.69. The van der Waals surface area contributed by atoms with Crippen LogP contribution in [0.2, 0.25) is 5.02 Å². The molecule has 1 amide bonds. The first kappa shape index (κ1) is 20.2. The molecule has 0 aliphatic heterocycles. The van der Waals surface area contributed by atoms with Crippen LogP contribution in [0.1, 0.15) is 47.8 Å². The van der Waals surface area contributed by atoms with Gasteiger partial charge in [0.15, 0.2) is 0 Å². The van der Waals surface area contributed by atoms with Crippen LogP contribution in [0.4, 0.5) is 0 Å². The summed E-state index contributed by atoms with van der Waals surface area (Å²) >= 11 is 5.98. The first-order valence-corrected chi connectivity index (χ1v) is 10.2. The summed E-state index contributed by atoms with van der Waals surface area (Å²) in [5.74, 6) is -0.0524. The highest BCUT2D eigenvalue weighted by Gasteiger charge is 2.17. The summed E-state index contributed by atoms with van der Waals surface area (Å²) in [5.41, 5.74) is 3.84. The summed E-state index contributed by atoms with van der Waals surface area (Å²) in [6, 6.07) is 17.9. The van der Waals surface area contributed by atoms with Crippen LogP contribution in [0.25, 0.3) is 5.69 Å². The van der Waals surface area contributed by atoms with E-state index in [0.29, 0.717) is 17.1 Å². The lowest BCUT2D eigenvalue weighted by Gasteiger charge is -2.10. The molecule has 4 nitrogen and oxygen atoms in total. The van der Waals surface area contributed by atoms with Gasteiger partial charge in [0.1, 0.15) is 0 Å². The number of hydrogen-bond acceptors (Lipinski definition) is 2. The molecular weight excluding hydrogens is 370 g/mol. The van der Waals surface area contributed by atoms with E-state index >= 15 is 0 Å². The van der Waals surface area contributed by atoms with E-state index in [1.165, 1.54) is 5.56 Å². The van der Waals surface area contributed by atoms with Crippen molar-refractivity contribution in [2.24, 2.45) is 0 Å². The van der Waals surface area contributed by atoms with E-state index < -0.39 is 0 Å². The van der Waals surface area contributed by atoms with Crippen LogP contribution < -0.4 is 5.32 Å². The Morgan fingerprint density at radius 3 is 2.50 bits per heavy atom. The summed E-state index contributed by atoms with van der Waals surface area (Å²) in [6.45, 7) is 2.77. The van der Waals surface area contributed by atoms with E-state index in [0.717, 1.165) is 43.5 Å². The van der Waals surface area contributed by atoms with E-state index in [2.05, 4.69) is 41.6 Å². The van der Waals surface area contributed by atoms with Crippen LogP contribution in [0.5, 0.6) is 0 Å². The zero-order chi connectivity index (χ0) is 19.8. The van der Waals surface area contributed by atoms with Crippen LogP contribution in [0, 0.1) is 0 Å². The molecule has 0 fully saturated rings. The third-order valence-corrected chi connectivity index (χ3v) is 4.94. The predicted octanol–water partition coefficient (Wildman–Crippen LogP) is 5.23. The number of carbonyl (C=O) groups is 1. The van der Waals surface area contributed by atoms with Crippen molar-refractivity contribution in [1.82, 2.24) is 15.1 Å². The van der Waals surface area contributed by atoms with Gasteiger partial charge in [0.25, 0.3) is 5.91 Å². The summed E-state index contributed by atoms with van der Waals surface area (Å²) in [6.07, 6.45) is 6.44. The highest BCUT2D eigenvalue weighted by molar-refractivity contribution is 6.30. The SMILES string of the molecule is CCCc1c(C(=O)NCCCCc2ccccc2)cnn1-c1ccc(Cl)cc1. The van der Waals surface area contributed by atoms with E-state index in [1.807, 2.05) is 35.0 Å². The molecule has 0 aliphatic rings. The lowest BCUT2D eigenvalue weighted by molar-refractivity contribution is 0.0952. The normalized spacial score (nSPS) is 10.8. The Morgan fingerprint density at radius 1 is 1.04 bits per heavy atom. The topological polar surface area (TPSA) is 46.9 Å². The molecule has 0 saturated carbocycles. The van der Waals surface area contributed by atoms with Crippen molar-refractivity contribution in [3.63, 3.8) is 0 Å². The number of rotatable bonds is 9. The average molecular weight is 396 g/mol. The quantitative estimate of drug-likeness (QED) is 0.504. The highest BCUT2D eigenvalue weighted by atomic mass is 35.5. The molecule has 3 aromatic rings. The Hall–Kier alpha value is -2.59. The fraction of sp³-hybridized carbons (Fsp3) is 0.304. The van der Waals surface area contributed by atoms with Crippen molar-refractivity contribution >= 4 is 17.5 Å². The van der Waals surface area contributed by atoms with Gasteiger partial charge in [-0.05, 0) is 55.5 Å². The molecule has 1 aromatic heterocycles. The van der Waals surface area contributed by atoms with Crippen LogP contribution in [0.3, 0.4) is 0 Å². The standard InChI is InChI=1S/C23H26ClN3O/c1-2-8-22-21(17-26-27(22)20-14-12-19(24)13-15-20)23(28)25-16-7-6-11-18-9-4-3-5-10-18/h3-5,9-10,12-15,17H,2,6-8,11,16H2,1H3,(H,25,28).